The molecule has 0 amide bonds. The molecular formula is C16H25N3OS. The van der Waals surface area contributed by atoms with E-state index in [2.05, 4.69) is 23.7 Å². The number of thioether (sulfide) groups is 1. The molecule has 0 N–H and O–H groups in total. The van der Waals surface area contributed by atoms with Crippen molar-refractivity contribution in [3.63, 3.8) is 0 Å². The summed E-state index contributed by atoms with van der Waals surface area (Å²) in [7, 11) is 3.87. The largest absolute Gasteiger partial charge is 0.497 e. The summed E-state index contributed by atoms with van der Waals surface area (Å²) in [5, 5.41) is -0.0176. The second-order valence-corrected chi connectivity index (χ2v) is 6.93. The maximum absolute atomic E-state index is 9.21. The van der Waals surface area contributed by atoms with Crippen LogP contribution >= 0.6 is 11.8 Å². The number of nitrogens with zero attached hydrogens (tertiary/aromatic N) is 3. The molecular weight excluding hydrogens is 282 g/mol. The van der Waals surface area contributed by atoms with Gasteiger partial charge < -0.3 is 15.2 Å². The highest BCUT2D eigenvalue weighted by molar-refractivity contribution is 8.00. The number of methoxy groups -OCH3 is 1. The molecule has 1 saturated carbocycles. The summed E-state index contributed by atoms with van der Waals surface area (Å²) < 4.78 is 5.69. The molecule has 0 aromatic heterocycles. The Bertz CT molecular complexity index is 474. The first kappa shape index (κ1) is 16.2. The lowest BCUT2D eigenvalue weighted by molar-refractivity contribution is -0.00630. The van der Waals surface area contributed by atoms with Crippen LogP contribution in [0.3, 0.4) is 0 Å². The number of hydrogen-bond acceptors (Lipinski definition) is 3. The highest BCUT2D eigenvalue weighted by Crippen LogP contribution is 2.32. The molecule has 2 rings (SSSR count). The van der Waals surface area contributed by atoms with Crippen molar-refractivity contribution in [3.8, 4) is 0 Å². The molecule has 0 heterocycles. The van der Waals surface area contributed by atoms with Crippen LogP contribution in [0, 0.1) is 0 Å². The molecule has 0 spiro atoms. The lowest BCUT2D eigenvalue weighted by Crippen LogP contribution is -2.36. The van der Waals surface area contributed by atoms with Crippen LogP contribution in [-0.4, -0.2) is 46.6 Å². The maximum Gasteiger partial charge on any atom is 0.312 e. The minimum atomic E-state index is -0.0176. The molecule has 0 aliphatic heterocycles. The highest BCUT2D eigenvalue weighted by Gasteiger charge is 2.34. The highest BCUT2D eigenvalue weighted by atomic mass is 32.2. The minimum Gasteiger partial charge on any atom is -0.497 e. The molecule has 0 radical (unpaired) electrons. The van der Waals surface area contributed by atoms with Crippen molar-refractivity contribution in [1.82, 2.24) is 4.90 Å². The lowest BCUT2D eigenvalue weighted by Gasteiger charge is -2.36. The Morgan fingerprint density at radius 1 is 1.33 bits per heavy atom. The molecule has 2 aliphatic rings. The van der Waals surface area contributed by atoms with Crippen molar-refractivity contribution in [2.24, 2.45) is 0 Å². The van der Waals surface area contributed by atoms with E-state index in [-0.39, 0.29) is 5.25 Å². The first-order chi connectivity index (χ1) is 10.2. The predicted octanol–water partition coefficient (Wildman–Crippen LogP) is 3.47. The minimum absolute atomic E-state index is 0.0176. The summed E-state index contributed by atoms with van der Waals surface area (Å²) in [6, 6.07) is 0.587. The number of hydrogen-bond donors (Lipinski definition) is 0. The van der Waals surface area contributed by atoms with E-state index in [0.29, 0.717) is 11.8 Å². The lowest BCUT2D eigenvalue weighted by atomic mass is 9.93. The fourth-order valence-electron chi connectivity index (χ4n) is 3.18. The smallest absolute Gasteiger partial charge is 0.312 e. The van der Waals surface area contributed by atoms with E-state index in [4.69, 9.17) is 4.74 Å². The van der Waals surface area contributed by atoms with Crippen molar-refractivity contribution in [2.75, 3.05) is 19.9 Å². The SMILES string of the molecule is CCSC1C(=[N+]=[N-])C=CC(N(C)C2CCCCC2)=C1OC. The molecule has 0 aromatic carbocycles. The van der Waals surface area contributed by atoms with Crippen LogP contribution in [0.25, 0.3) is 5.53 Å². The van der Waals surface area contributed by atoms with Crippen LogP contribution in [0.2, 0.25) is 0 Å². The molecule has 1 fully saturated rings. The van der Waals surface area contributed by atoms with E-state index in [9.17, 15) is 5.53 Å². The normalized spacial score (nSPS) is 23.2. The summed E-state index contributed by atoms with van der Waals surface area (Å²) in [5.74, 6) is 1.86. The Balaban J connectivity index is 2.29. The molecule has 116 valence electrons. The monoisotopic (exact) mass is 307 g/mol. The topological polar surface area (TPSA) is 48.9 Å². The second-order valence-electron chi connectivity index (χ2n) is 5.55. The summed E-state index contributed by atoms with van der Waals surface area (Å²) in [5.41, 5.74) is 11.0. The van der Waals surface area contributed by atoms with E-state index in [1.54, 1.807) is 18.9 Å². The first-order valence-corrected chi connectivity index (χ1v) is 8.80. The van der Waals surface area contributed by atoms with Crippen molar-refractivity contribution in [2.45, 2.75) is 50.3 Å². The quantitative estimate of drug-likeness (QED) is 0.577. The van der Waals surface area contributed by atoms with Crippen molar-refractivity contribution < 1.29 is 9.53 Å². The number of ether oxygens (including phenoxy) is 1. The van der Waals surface area contributed by atoms with Gasteiger partial charge >= 0.3 is 5.71 Å². The Kier molecular flexibility index (Phi) is 5.95. The van der Waals surface area contributed by atoms with Gasteiger partial charge in [-0.15, -0.1) is 11.8 Å². The molecule has 0 bridgehead atoms. The first-order valence-electron chi connectivity index (χ1n) is 7.75. The van der Waals surface area contributed by atoms with Gasteiger partial charge in [0, 0.05) is 19.2 Å². The molecule has 21 heavy (non-hydrogen) atoms. The van der Waals surface area contributed by atoms with Gasteiger partial charge in [0.2, 0.25) is 0 Å². The van der Waals surface area contributed by atoms with Gasteiger partial charge in [-0.2, -0.15) is 4.79 Å². The van der Waals surface area contributed by atoms with E-state index < -0.39 is 0 Å². The van der Waals surface area contributed by atoms with Crippen LogP contribution < -0.4 is 0 Å². The van der Waals surface area contributed by atoms with Gasteiger partial charge in [0.1, 0.15) is 5.76 Å². The molecule has 4 nitrogen and oxygen atoms in total. The van der Waals surface area contributed by atoms with Gasteiger partial charge in [-0.05, 0) is 24.7 Å². The van der Waals surface area contributed by atoms with Crippen LogP contribution in [0.4, 0.5) is 0 Å². The van der Waals surface area contributed by atoms with Gasteiger partial charge in [0.15, 0.2) is 5.25 Å². The fourth-order valence-corrected chi connectivity index (χ4v) is 4.18. The Morgan fingerprint density at radius 3 is 2.62 bits per heavy atom. The molecule has 1 unspecified atom stereocenters. The van der Waals surface area contributed by atoms with Gasteiger partial charge in [0.05, 0.1) is 12.8 Å². The Hall–Kier alpha value is -1.19. The van der Waals surface area contributed by atoms with E-state index >= 15 is 0 Å². The van der Waals surface area contributed by atoms with Gasteiger partial charge in [-0.3, -0.25) is 0 Å². The van der Waals surface area contributed by atoms with Crippen molar-refractivity contribution >= 4 is 17.5 Å². The zero-order valence-electron chi connectivity index (χ0n) is 13.2. The van der Waals surface area contributed by atoms with Gasteiger partial charge in [-0.1, -0.05) is 26.2 Å². The Labute approximate surface area is 131 Å². The third-order valence-electron chi connectivity index (χ3n) is 4.34. The maximum atomic E-state index is 9.21. The van der Waals surface area contributed by atoms with E-state index in [0.717, 1.165) is 17.2 Å². The third-order valence-corrected chi connectivity index (χ3v) is 5.46. The predicted molar refractivity (Wildman–Crippen MR) is 88.4 cm³/mol. The van der Waals surface area contributed by atoms with Crippen LogP contribution in [0.1, 0.15) is 39.0 Å². The second kappa shape index (κ2) is 7.71. The summed E-state index contributed by atoms with van der Waals surface area (Å²) in [6.07, 6.45) is 10.4. The van der Waals surface area contributed by atoms with E-state index in [1.807, 2.05) is 12.2 Å². The molecule has 0 saturated heterocycles. The Morgan fingerprint density at radius 2 is 2.05 bits per heavy atom. The zero-order chi connectivity index (χ0) is 15.2. The van der Waals surface area contributed by atoms with Crippen LogP contribution in [0.5, 0.6) is 0 Å². The van der Waals surface area contributed by atoms with E-state index in [1.165, 1.54) is 32.1 Å². The number of allylic oxidation sites excluding steroid dienone is 2. The molecule has 2 aliphatic carbocycles. The van der Waals surface area contributed by atoms with Crippen LogP contribution in [0.15, 0.2) is 23.6 Å². The summed E-state index contributed by atoms with van der Waals surface area (Å²) >= 11 is 1.73. The average molecular weight is 307 g/mol. The number of rotatable bonds is 5. The molecule has 0 aromatic rings. The summed E-state index contributed by atoms with van der Waals surface area (Å²) in [4.78, 5) is 5.78. The zero-order valence-corrected chi connectivity index (χ0v) is 14.0. The standard InChI is InChI=1S/C16H25N3OS/c1-4-21-16-13(18-17)10-11-14(15(16)20-3)19(2)12-8-6-5-7-9-12/h10-12,16H,4-9H2,1-3H3. The molecule has 5 heteroatoms. The van der Waals surface area contributed by atoms with Crippen molar-refractivity contribution in [3.05, 3.63) is 29.1 Å². The van der Waals surface area contributed by atoms with Crippen molar-refractivity contribution in [1.29, 1.82) is 0 Å². The molecule has 1 atom stereocenters. The average Bonchev–Trinajstić information content (AvgIpc) is 2.54. The fraction of sp³-hybridized carbons (Fsp3) is 0.688. The van der Waals surface area contributed by atoms with Gasteiger partial charge in [-0.25, -0.2) is 0 Å². The summed E-state index contributed by atoms with van der Waals surface area (Å²) in [6.45, 7) is 2.11. The third kappa shape index (κ3) is 3.53. The van der Waals surface area contributed by atoms with Crippen LogP contribution in [-0.2, 0) is 4.74 Å². The number of likely N-dealkylation sites (N-methyl/N-ethyl adjacent to an activating group) is 1. The van der Waals surface area contributed by atoms with Gasteiger partial charge in [0.25, 0.3) is 0 Å².